The number of anilines is 1. The van der Waals surface area contributed by atoms with Crippen molar-refractivity contribution in [3.8, 4) is 0 Å². The van der Waals surface area contributed by atoms with Gasteiger partial charge in [-0.05, 0) is 55.3 Å². The lowest BCUT2D eigenvalue weighted by Gasteiger charge is -2.34. The Labute approximate surface area is 173 Å². The maximum atomic E-state index is 12.8. The van der Waals surface area contributed by atoms with E-state index in [0.717, 1.165) is 23.7 Å². The third-order valence-corrected chi connectivity index (χ3v) is 6.27. The minimum Gasteiger partial charge on any atom is -0.465 e. The number of nitrogens with zero attached hydrogens (tertiary/aromatic N) is 3. The van der Waals surface area contributed by atoms with Crippen LogP contribution in [0, 0.1) is 13.8 Å². The number of carbonyl (C=O) groups is 2. The second-order valence-electron chi connectivity index (χ2n) is 7.27. The van der Waals surface area contributed by atoms with Crippen molar-refractivity contribution in [2.24, 2.45) is 0 Å². The van der Waals surface area contributed by atoms with Gasteiger partial charge in [0.05, 0.1) is 22.9 Å². The summed E-state index contributed by atoms with van der Waals surface area (Å²) in [6, 6.07) is 11.0. The standard InChI is InChI=1S/C22H23N3O3S/c1-14-12-15(2)19-18(13-14)29-22(23-19)25-10-8-24(9-11-25)20(26)16-4-6-17(7-5-16)21(27)28-3/h4-7,12-13H,8-11H2,1-3H3. The highest BCUT2D eigenvalue weighted by Gasteiger charge is 2.24. The molecule has 3 aromatic rings. The average molecular weight is 410 g/mol. The number of ether oxygens (including phenoxy) is 1. The highest BCUT2D eigenvalue weighted by molar-refractivity contribution is 7.22. The van der Waals surface area contributed by atoms with E-state index >= 15 is 0 Å². The molecule has 0 N–H and O–H groups in total. The average Bonchev–Trinajstić information content (AvgIpc) is 3.17. The molecule has 0 saturated carbocycles. The normalized spacial score (nSPS) is 14.3. The van der Waals surface area contributed by atoms with Crippen LogP contribution in [-0.2, 0) is 4.74 Å². The van der Waals surface area contributed by atoms with E-state index < -0.39 is 5.97 Å². The van der Waals surface area contributed by atoms with E-state index in [9.17, 15) is 9.59 Å². The molecule has 7 heteroatoms. The molecule has 1 aliphatic rings. The van der Waals surface area contributed by atoms with Crippen LogP contribution in [-0.4, -0.2) is 55.0 Å². The number of thiazole rings is 1. The van der Waals surface area contributed by atoms with Crippen LogP contribution in [0.4, 0.5) is 5.13 Å². The van der Waals surface area contributed by atoms with Gasteiger partial charge in [0, 0.05) is 31.7 Å². The quantitative estimate of drug-likeness (QED) is 0.618. The molecule has 150 valence electrons. The molecule has 4 rings (SSSR count). The van der Waals surface area contributed by atoms with Crippen molar-refractivity contribution in [1.82, 2.24) is 9.88 Å². The molecule has 6 nitrogen and oxygen atoms in total. The lowest BCUT2D eigenvalue weighted by atomic mass is 10.1. The molecular formula is C22H23N3O3S. The molecule has 0 atom stereocenters. The number of aryl methyl sites for hydroxylation is 2. The molecule has 1 saturated heterocycles. The maximum Gasteiger partial charge on any atom is 0.337 e. The molecule has 0 unspecified atom stereocenters. The minimum absolute atomic E-state index is 0.0168. The largest absolute Gasteiger partial charge is 0.465 e. The number of piperazine rings is 1. The van der Waals surface area contributed by atoms with Gasteiger partial charge in [0.25, 0.3) is 5.91 Å². The first kappa shape index (κ1) is 19.4. The summed E-state index contributed by atoms with van der Waals surface area (Å²) in [5.41, 5.74) is 4.54. The van der Waals surface area contributed by atoms with Gasteiger partial charge in [0.2, 0.25) is 0 Å². The zero-order valence-electron chi connectivity index (χ0n) is 16.8. The first-order valence-electron chi connectivity index (χ1n) is 9.56. The van der Waals surface area contributed by atoms with Crippen molar-refractivity contribution in [3.63, 3.8) is 0 Å². The van der Waals surface area contributed by atoms with Gasteiger partial charge in [-0.2, -0.15) is 0 Å². The summed E-state index contributed by atoms with van der Waals surface area (Å²) in [4.78, 5) is 33.3. The van der Waals surface area contributed by atoms with Crippen molar-refractivity contribution >= 4 is 38.6 Å². The van der Waals surface area contributed by atoms with E-state index in [0.29, 0.717) is 24.2 Å². The van der Waals surface area contributed by atoms with Crippen LogP contribution in [0.15, 0.2) is 36.4 Å². The van der Waals surface area contributed by atoms with Crippen molar-refractivity contribution in [2.75, 3.05) is 38.2 Å². The molecule has 0 bridgehead atoms. The maximum absolute atomic E-state index is 12.8. The summed E-state index contributed by atoms with van der Waals surface area (Å²) in [6.45, 7) is 7.00. The lowest BCUT2D eigenvalue weighted by molar-refractivity contribution is 0.0599. The summed E-state index contributed by atoms with van der Waals surface area (Å²) >= 11 is 1.71. The van der Waals surface area contributed by atoms with Crippen LogP contribution in [0.1, 0.15) is 31.8 Å². The van der Waals surface area contributed by atoms with Gasteiger partial charge in [-0.3, -0.25) is 4.79 Å². The fourth-order valence-corrected chi connectivity index (χ4v) is 4.84. The molecular weight excluding hydrogens is 386 g/mol. The number of aromatic nitrogens is 1. The van der Waals surface area contributed by atoms with Gasteiger partial charge in [-0.1, -0.05) is 17.4 Å². The lowest BCUT2D eigenvalue weighted by Crippen LogP contribution is -2.48. The fraction of sp³-hybridized carbons (Fsp3) is 0.318. The van der Waals surface area contributed by atoms with E-state index in [1.807, 2.05) is 4.90 Å². The summed E-state index contributed by atoms with van der Waals surface area (Å²) in [5, 5.41) is 1.02. The number of methoxy groups -OCH3 is 1. The molecule has 2 heterocycles. The molecule has 1 aromatic heterocycles. The highest BCUT2D eigenvalue weighted by Crippen LogP contribution is 2.32. The predicted molar refractivity (Wildman–Crippen MR) is 115 cm³/mol. The second kappa shape index (κ2) is 7.83. The SMILES string of the molecule is COC(=O)c1ccc(C(=O)N2CCN(c3nc4c(C)cc(C)cc4s3)CC2)cc1. The Bertz CT molecular complexity index is 1070. The molecule has 1 aliphatic heterocycles. The number of fused-ring (bicyclic) bond motifs is 1. The van der Waals surface area contributed by atoms with Crippen LogP contribution >= 0.6 is 11.3 Å². The number of hydrogen-bond donors (Lipinski definition) is 0. The van der Waals surface area contributed by atoms with Crippen LogP contribution in [0.25, 0.3) is 10.2 Å². The van der Waals surface area contributed by atoms with Gasteiger partial charge in [0.15, 0.2) is 5.13 Å². The van der Waals surface area contributed by atoms with Crippen molar-refractivity contribution < 1.29 is 14.3 Å². The number of amides is 1. The Hall–Kier alpha value is -2.93. The fourth-order valence-electron chi connectivity index (χ4n) is 3.64. The molecule has 0 aliphatic carbocycles. The summed E-state index contributed by atoms with van der Waals surface area (Å²) in [7, 11) is 1.34. The van der Waals surface area contributed by atoms with Crippen molar-refractivity contribution in [1.29, 1.82) is 0 Å². The van der Waals surface area contributed by atoms with Crippen LogP contribution in [0.5, 0.6) is 0 Å². The van der Waals surface area contributed by atoms with E-state index in [4.69, 9.17) is 9.72 Å². The third kappa shape index (κ3) is 3.82. The molecule has 0 radical (unpaired) electrons. The van der Waals surface area contributed by atoms with Gasteiger partial charge in [-0.25, -0.2) is 9.78 Å². The van der Waals surface area contributed by atoms with Gasteiger partial charge < -0.3 is 14.5 Å². The van der Waals surface area contributed by atoms with Crippen LogP contribution in [0.2, 0.25) is 0 Å². The number of hydrogen-bond acceptors (Lipinski definition) is 6. The Balaban J connectivity index is 1.43. The Kier molecular flexibility index (Phi) is 5.24. The zero-order chi connectivity index (χ0) is 20.5. The van der Waals surface area contributed by atoms with Gasteiger partial charge in [0.1, 0.15) is 0 Å². The predicted octanol–water partition coefficient (Wildman–Crippen LogP) is 3.66. The smallest absolute Gasteiger partial charge is 0.337 e. The first-order chi connectivity index (χ1) is 14.0. The monoisotopic (exact) mass is 409 g/mol. The van der Waals surface area contributed by atoms with Crippen molar-refractivity contribution in [3.05, 3.63) is 58.7 Å². The van der Waals surface area contributed by atoms with Crippen LogP contribution < -0.4 is 4.90 Å². The van der Waals surface area contributed by atoms with E-state index in [2.05, 4.69) is 30.9 Å². The summed E-state index contributed by atoms with van der Waals surface area (Å²) in [5.74, 6) is -0.421. The highest BCUT2D eigenvalue weighted by atomic mass is 32.1. The third-order valence-electron chi connectivity index (χ3n) is 5.21. The summed E-state index contributed by atoms with van der Waals surface area (Å²) < 4.78 is 5.91. The Morgan fingerprint density at radius 2 is 1.66 bits per heavy atom. The van der Waals surface area contributed by atoms with E-state index in [-0.39, 0.29) is 5.91 Å². The van der Waals surface area contributed by atoms with Gasteiger partial charge >= 0.3 is 5.97 Å². The van der Waals surface area contributed by atoms with Gasteiger partial charge in [-0.15, -0.1) is 0 Å². The number of esters is 1. The molecule has 2 aromatic carbocycles. The number of carbonyl (C=O) groups excluding carboxylic acids is 2. The topological polar surface area (TPSA) is 62.7 Å². The molecule has 1 amide bonds. The summed E-state index contributed by atoms with van der Waals surface area (Å²) in [6.07, 6.45) is 0. The van der Waals surface area contributed by atoms with Crippen LogP contribution in [0.3, 0.4) is 0 Å². The number of rotatable bonds is 3. The second-order valence-corrected chi connectivity index (χ2v) is 8.28. The minimum atomic E-state index is -0.404. The van der Waals surface area contributed by atoms with Crippen molar-refractivity contribution in [2.45, 2.75) is 13.8 Å². The van der Waals surface area contributed by atoms with E-state index in [1.165, 1.54) is 22.9 Å². The molecule has 29 heavy (non-hydrogen) atoms. The zero-order valence-corrected chi connectivity index (χ0v) is 17.6. The molecule has 0 spiro atoms. The Morgan fingerprint density at radius 1 is 1.00 bits per heavy atom. The number of benzene rings is 2. The van der Waals surface area contributed by atoms with E-state index in [1.54, 1.807) is 35.6 Å². The Morgan fingerprint density at radius 3 is 2.31 bits per heavy atom. The molecule has 1 fully saturated rings. The first-order valence-corrected chi connectivity index (χ1v) is 10.4.